The molecule has 9 nitrogen and oxygen atoms in total. The largest absolute Gasteiger partial charge is 0.459 e. The highest BCUT2D eigenvalue weighted by molar-refractivity contribution is 6.12. The summed E-state index contributed by atoms with van der Waals surface area (Å²) in [5.74, 6) is -2.90. The molecule has 1 N–H and O–H groups in total. The van der Waals surface area contributed by atoms with Crippen LogP contribution in [-0.2, 0) is 25.7 Å². The fraction of sp³-hybridized carbons (Fsp3) is 0.471. The van der Waals surface area contributed by atoms with Crippen molar-refractivity contribution in [3.05, 3.63) is 39.9 Å². The number of β-lactam (4-membered cyclic amide) rings is 1. The van der Waals surface area contributed by atoms with E-state index in [0.29, 0.717) is 5.56 Å². The van der Waals surface area contributed by atoms with Crippen LogP contribution in [0.1, 0.15) is 19.4 Å². The Balaban J connectivity index is 1.67. The number of amides is 1. The smallest absolute Gasteiger partial charge is 0.337 e. The lowest BCUT2D eigenvalue weighted by atomic mass is 9.79. The second-order valence-corrected chi connectivity index (χ2v) is 6.63. The molecule has 0 aromatic heterocycles. The van der Waals surface area contributed by atoms with E-state index in [1.165, 1.54) is 36.1 Å². The molecule has 0 saturated carbocycles. The molecule has 3 rings (SSSR count). The highest BCUT2D eigenvalue weighted by Crippen LogP contribution is 2.43. The number of aliphatic hydroxyl groups is 1. The number of hydrogen-bond donors (Lipinski definition) is 1. The average Bonchev–Trinajstić information content (AvgIpc) is 2.81. The van der Waals surface area contributed by atoms with Crippen LogP contribution in [0.2, 0.25) is 0 Å². The molecule has 0 aliphatic carbocycles. The molecule has 0 radical (unpaired) electrons. The topological polar surface area (TPSA) is 127 Å². The number of carbonyl (C=O) groups excluding carboxylic acids is 3. The van der Waals surface area contributed by atoms with Crippen molar-refractivity contribution in [1.29, 1.82) is 0 Å². The number of rotatable bonds is 5. The SMILES string of the molecule is CC(O)[C@H]1C(=O)N2C(C(=O)OCc3ccc([N+](=O)[O-])cc3)C(=O)[C@H](C)[C@H]12. The van der Waals surface area contributed by atoms with Gasteiger partial charge >= 0.3 is 5.97 Å². The summed E-state index contributed by atoms with van der Waals surface area (Å²) in [6.07, 6.45) is -0.895. The van der Waals surface area contributed by atoms with Crippen molar-refractivity contribution >= 4 is 23.3 Å². The predicted molar refractivity (Wildman–Crippen MR) is 86.7 cm³/mol. The number of nitro groups is 1. The van der Waals surface area contributed by atoms with E-state index in [9.17, 15) is 29.6 Å². The monoisotopic (exact) mass is 362 g/mol. The van der Waals surface area contributed by atoms with Gasteiger partial charge < -0.3 is 14.7 Å². The second kappa shape index (κ2) is 6.49. The van der Waals surface area contributed by atoms with Gasteiger partial charge in [-0.05, 0) is 24.6 Å². The van der Waals surface area contributed by atoms with Gasteiger partial charge in [0.15, 0.2) is 11.8 Å². The Hall–Kier alpha value is -2.81. The Morgan fingerprint density at radius 1 is 1.35 bits per heavy atom. The molecule has 5 atom stereocenters. The van der Waals surface area contributed by atoms with Crippen LogP contribution in [0.3, 0.4) is 0 Å². The first-order valence-corrected chi connectivity index (χ1v) is 8.18. The third-order valence-corrected chi connectivity index (χ3v) is 5.01. The quantitative estimate of drug-likeness (QED) is 0.265. The normalized spacial score (nSPS) is 28.3. The van der Waals surface area contributed by atoms with Crippen molar-refractivity contribution in [2.75, 3.05) is 0 Å². The lowest BCUT2D eigenvalue weighted by molar-refractivity contribution is -0.384. The Kier molecular flexibility index (Phi) is 4.49. The maximum atomic E-state index is 12.4. The third-order valence-electron chi connectivity index (χ3n) is 5.01. The molecular formula is C17H18N2O7. The predicted octanol–water partition coefficient (Wildman–Crippen LogP) is 0.433. The molecule has 0 spiro atoms. The highest BCUT2D eigenvalue weighted by Gasteiger charge is 2.64. The molecule has 0 bridgehead atoms. The van der Waals surface area contributed by atoms with Crippen LogP contribution < -0.4 is 0 Å². The van der Waals surface area contributed by atoms with E-state index in [2.05, 4.69) is 0 Å². The Bertz CT molecular complexity index is 774. The fourth-order valence-corrected chi connectivity index (χ4v) is 3.63. The number of fused-ring (bicyclic) bond motifs is 1. The van der Waals surface area contributed by atoms with E-state index in [0.717, 1.165) is 0 Å². The molecule has 26 heavy (non-hydrogen) atoms. The zero-order valence-electron chi connectivity index (χ0n) is 14.2. The number of nitrogens with zero attached hydrogens (tertiary/aromatic N) is 2. The van der Waals surface area contributed by atoms with Crippen LogP contribution in [0, 0.1) is 22.0 Å². The number of hydrogen-bond acceptors (Lipinski definition) is 7. The zero-order chi connectivity index (χ0) is 19.2. The zero-order valence-corrected chi connectivity index (χ0v) is 14.2. The van der Waals surface area contributed by atoms with Crippen molar-refractivity contribution in [2.24, 2.45) is 11.8 Å². The molecule has 1 aromatic rings. The van der Waals surface area contributed by atoms with Gasteiger partial charge in [-0.15, -0.1) is 0 Å². The molecule has 2 fully saturated rings. The molecule has 2 unspecified atom stereocenters. The number of nitro benzene ring substituents is 1. The maximum Gasteiger partial charge on any atom is 0.337 e. The summed E-state index contributed by atoms with van der Waals surface area (Å²) in [5, 5.41) is 20.3. The number of benzene rings is 1. The van der Waals surface area contributed by atoms with Crippen LogP contribution in [0.5, 0.6) is 0 Å². The summed E-state index contributed by atoms with van der Waals surface area (Å²) in [4.78, 5) is 48.2. The van der Waals surface area contributed by atoms with E-state index in [-0.39, 0.29) is 12.3 Å². The van der Waals surface area contributed by atoms with Crippen LogP contribution in [0.4, 0.5) is 5.69 Å². The summed E-state index contributed by atoms with van der Waals surface area (Å²) in [7, 11) is 0. The van der Waals surface area contributed by atoms with Crippen molar-refractivity contribution in [2.45, 2.75) is 38.6 Å². The molecular weight excluding hydrogens is 344 g/mol. The summed E-state index contributed by atoms with van der Waals surface area (Å²) in [6, 6.07) is 3.68. The van der Waals surface area contributed by atoms with E-state index >= 15 is 0 Å². The van der Waals surface area contributed by atoms with Crippen LogP contribution in [0.25, 0.3) is 0 Å². The second-order valence-electron chi connectivity index (χ2n) is 6.63. The summed E-state index contributed by atoms with van der Waals surface area (Å²) >= 11 is 0. The molecule has 2 heterocycles. The molecule has 2 aliphatic heterocycles. The lowest BCUT2D eigenvalue weighted by Gasteiger charge is -2.46. The van der Waals surface area contributed by atoms with Gasteiger partial charge in [0.1, 0.15) is 6.61 Å². The highest BCUT2D eigenvalue weighted by atomic mass is 16.6. The molecule has 1 aromatic carbocycles. The van der Waals surface area contributed by atoms with Gasteiger partial charge in [-0.2, -0.15) is 0 Å². The number of ketones is 1. The number of ether oxygens (including phenoxy) is 1. The van der Waals surface area contributed by atoms with Crippen molar-refractivity contribution in [1.82, 2.24) is 4.90 Å². The van der Waals surface area contributed by atoms with Gasteiger partial charge in [0.25, 0.3) is 5.69 Å². The van der Waals surface area contributed by atoms with Gasteiger partial charge in [0.2, 0.25) is 5.91 Å². The van der Waals surface area contributed by atoms with E-state index in [4.69, 9.17) is 4.74 Å². The van der Waals surface area contributed by atoms with Gasteiger partial charge in [0, 0.05) is 18.1 Å². The maximum absolute atomic E-state index is 12.4. The van der Waals surface area contributed by atoms with E-state index in [1.807, 2.05) is 0 Å². The minimum Gasteiger partial charge on any atom is -0.459 e. The average molecular weight is 362 g/mol. The first-order valence-electron chi connectivity index (χ1n) is 8.18. The Morgan fingerprint density at radius 2 is 1.96 bits per heavy atom. The molecule has 1 amide bonds. The molecule has 2 saturated heterocycles. The van der Waals surface area contributed by atoms with Crippen LogP contribution in [-0.4, -0.2) is 50.8 Å². The number of carbonyl (C=O) groups is 3. The van der Waals surface area contributed by atoms with Gasteiger partial charge in [-0.3, -0.25) is 19.7 Å². The number of esters is 1. The molecule has 9 heteroatoms. The number of Topliss-reactive ketones (excluding diaryl/α,β-unsaturated/α-hetero) is 1. The van der Waals surface area contributed by atoms with Gasteiger partial charge in [-0.1, -0.05) is 6.92 Å². The first-order chi connectivity index (χ1) is 12.2. The number of aliphatic hydroxyl groups excluding tert-OH is 1. The van der Waals surface area contributed by atoms with Crippen molar-refractivity contribution in [3.63, 3.8) is 0 Å². The summed E-state index contributed by atoms with van der Waals surface area (Å²) in [5.41, 5.74) is 0.439. The van der Waals surface area contributed by atoms with Crippen molar-refractivity contribution < 1.29 is 29.2 Å². The summed E-state index contributed by atoms with van der Waals surface area (Å²) < 4.78 is 5.14. The van der Waals surface area contributed by atoms with Crippen LogP contribution in [0.15, 0.2) is 24.3 Å². The summed E-state index contributed by atoms with van der Waals surface area (Å²) in [6.45, 7) is 2.95. The Labute approximate surface area is 148 Å². The molecule has 138 valence electrons. The van der Waals surface area contributed by atoms with E-state index < -0.39 is 52.6 Å². The lowest BCUT2D eigenvalue weighted by Crippen LogP contribution is -2.65. The minimum absolute atomic E-state index is 0.0851. The van der Waals surface area contributed by atoms with Crippen molar-refractivity contribution in [3.8, 4) is 0 Å². The minimum atomic E-state index is -1.30. The molecule has 2 aliphatic rings. The Morgan fingerprint density at radius 3 is 2.50 bits per heavy atom. The first kappa shape index (κ1) is 18.0. The van der Waals surface area contributed by atoms with Gasteiger partial charge in [0.05, 0.1) is 23.0 Å². The third kappa shape index (κ3) is 2.74. The van der Waals surface area contributed by atoms with E-state index in [1.54, 1.807) is 6.92 Å². The fourth-order valence-electron chi connectivity index (χ4n) is 3.63. The van der Waals surface area contributed by atoms with Crippen LogP contribution >= 0.6 is 0 Å². The number of non-ortho nitro benzene ring substituents is 1. The van der Waals surface area contributed by atoms with Gasteiger partial charge in [-0.25, -0.2) is 4.79 Å². The standard InChI is InChI=1S/C17H18N2O7/c1-8-13-12(9(2)20)16(22)18(13)14(15(8)21)17(23)26-7-10-3-5-11(6-4-10)19(24)25/h3-6,8-9,12-14,20H,7H2,1-2H3/t8-,9?,12-,13-,14?/m1/s1.